The largest absolute Gasteiger partial charge is 0.454 e. The number of H-pyrrole nitrogens is 1. The molecule has 2 aliphatic rings. The van der Waals surface area contributed by atoms with Crippen molar-refractivity contribution in [3.8, 4) is 11.5 Å². The molecule has 0 radical (unpaired) electrons. The van der Waals surface area contributed by atoms with E-state index in [2.05, 4.69) is 31.1 Å². The molecule has 6 heteroatoms. The molecule has 0 atom stereocenters. The van der Waals surface area contributed by atoms with Crippen molar-refractivity contribution in [1.82, 2.24) is 4.98 Å². The molecule has 1 aliphatic carbocycles. The Morgan fingerprint density at radius 2 is 1.86 bits per heavy atom. The Balaban J connectivity index is 1.44. The Hall–Kier alpha value is -3.02. The molecule has 5 nitrogen and oxygen atoms in total. The molecule has 0 bridgehead atoms. The molecule has 1 amide bonds. The molecular formula is C23H23FN2O3. The molecular weight excluding hydrogens is 371 g/mol. The van der Waals surface area contributed by atoms with Gasteiger partial charge >= 0.3 is 0 Å². The maximum atomic E-state index is 14.7. The average Bonchev–Trinajstić information content (AvgIpc) is 3.12. The maximum Gasteiger partial charge on any atom is 0.235 e. The fourth-order valence-electron chi connectivity index (χ4n) is 3.89. The number of carbonyl (C=O) groups excluding carboxylic acids is 1. The van der Waals surface area contributed by atoms with Crippen LogP contribution in [0.2, 0.25) is 0 Å². The second-order valence-corrected chi connectivity index (χ2v) is 8.96. The maximum absolute atomic E-state index is 14.7. The summed E-state index contributed by atoms with van der Waals surface area (Å²) in [4.78, 5) is 16.3. The number of hydrogen-bond donors (Lipinski definition) is 2. The lowest BCUT2D eigenvalue weighted by molar-refractivity contribution is -0.118. The lowest BCUT2D eigenvalue weighted by Gasteiger charge is -2.16. The van der Waals surface area contributed by atoms with Crippen molar-refractivity contribution < 1.29 is 18.7 Å². The summed E-state index contributed by atoms with van der Waals surface area (Å²) < 4.78 is 25.5. The van der Waals surface area contributed by atoms with Gasteiger partial charge in [0.1, 0.15) is 5.82 Å². The van der Waals surface area contributed by atoms with Crippen molar-refractivity contribution in [1.29, 1.82) is 0 Å². The summed E-state index contributed by atoms with van der Waals surface area (Å²) in [5.74, 6) is 0.860. The van der Waals surface area contributed by atoms with Crippen LogP contribution in [-0.2, 0) is 15.6 Å². The number of rotatable bonds is 3. The van der Waals surface area contributed by atoms with E-state index in [1.807, 2.05) is 30.3 Å². The minimum atomic E-state index is -0.596. The highest BCUT2D eigenvalue weighted by Gasteiger charge is 2.51. The van der Waals surface area contributed by atoms with Gasteiger partial charge in [-0.05, 0) is 48.7 Å². The van der Waals surface area contributed by atoms with E-state index in [1.165, 1.54) is 6.07 Å². The number of carbonyl (C=O) groups is 1. The number of aromatic amines is 1. The molecule has 3 aromatic rings. The Morgan fingerprint density at radius 3 is 2.59 bits per heavy atom. The molecule has 1 saturated carbocycles. The Bertz CT molecular complexity index is 1140. The minimum absolute atomic E-state index is 0.119. The Kier molecular flexibility index (Phi) is 3.72. The predicted molar refractivity (Wildman–Crippen MR) is 109 cm³/mol. The highest BCUT2D eigenvalue weighted by Crippen LogP contribution is 2.51. The first-order valence-electron chi connectivity index (χ1n) is 9.81. The van der Waals surface area contributed by atoms with Gasteiger partial charge < -0.3 is 19.8 Å². The van der Waals surface area contributed by atoms with Gasteiger partial charge in [-0.2, -0.15) is 0 Å². The number of aromatic nitrogens is 1. The standard InChI is InChI=1S/C23H23FN2O3/c1-22(2,3)19-9-13-8-15(11-16(24)20(13)26-19)25-21(27)23(6-7-23)14-4-5-17-18(10-14)29-12-28-17/h4-5,8-11,26H,6-7,12H2,1-3H3,(H,25,27). The van der Waals surface area contributed by atoms with Crippen LogP contribution in [0.1, 0.15) is 44.9 Å². The van der Waals surface area contributed by atoms with Gasteiger partial charge in [-0.25, -0.2) is 4.39 Å². The summed E-state index contributed by atoms with van der Waals surface area (Å²) in [6.07, 6.45) is 1.50. The zero-order chi connectivity index (χ0) is 20.4. The fourth-order valence-corrected chi connectivity index (χ4v) is 3.89. The van der Waals surface area contributed by atoms with Crippen LogP contribution in [0.15, 0.2) is 36.4 Å². The van der Waals surface area contributed by atoms with Crippen LogP contribution >= 0.6 is 0 Å². The number of fused-ring (bicyclic) bond motifs is 2. The molecule has 2 aromatic carbocycles. The number of hydrogen-bond acceptors (Lipinski definition) is 3. The summed E-state index contributed by atoms with van der Waals surface area (Å²) in [5, 5.41) is 3.68. The van der Waals surface area contributed by atoms with Crippen molar-refractivity contribution in [2.45, 2.75) is 44.4 Å². The Morgan fingerprint density at radius 1 is 1.10 bits per heavy atom. The van der Waals surface area contributed by atoms with Crippen LogP contribution in [0.25, 0.3) is 10.9 Å². The number of anilines is 1. The lowest BCUT2D eigenvalue weighted by atomic mass is 9.92. The molecule has 0 saturated heterocycles. The van der Waals surface area contributed by atoms with Crippen LogP contribution in [0, 0.1) is 5.82 Å². The SMILES string of the molecule is CC(C)(C)c1cc2cc(NC(=O)C3(c4ccc5c(c4)OCO5)CC3)cc(F)c2[nH]1. The zero-order valence-electron chi connectivity index (χ0n) is 16.7. The van der Waals surface area contributed by atoms with Gasteiger partial charge in [-0.1, -0.05) is 26.8 Å². The van der Waals surface area contributed by atoms with E-state index in [9.17, 15) is 9.18 Å². The van der Waals surface area contributed by atoms with Gasteiger partial charge in [0.15, 0.2) is 11.5 Å². The van der Waals surface area contributed by atoms with E-state index < -0.39 is 5.41 Å². The minimum Gasteiger partial charge on any atom is -0.454 e. The van der Waals surface area contributed by atoms with Gasteiger partial charge in [-0.15, -0.1) is 0 Å². The number of ether oxygens (including phenoxy) is 2. The van der Waals surface area contributed by atoms with E-state index in [4.69, 9.17) is 9.47 Å². The summed E-state index contributed by atoms with van der Waals surface area (Å²) in [5.41, 5.74) is 2.07. The van der Waals surface area contributed by atoms with Crippen molar-refractivity contribution in [2.24, 2.45) is 0 Å². The highest BCUT2D eigenvalue weighted by molar-refractivity contribution is 6.02. The number of halogens is 1. The normalized spacial score (nSPS) is 16.8. The van der Waals surface area contributed by atoms with E-state index in [-0.39, 0.29) is 23.9 Å². The van der Waals surface area contributed by atoms with Crippen LogP contribution in [-0.4, -0.2) is 17.7 Å². The Labute approximate surface area is 168 Å². The summed E-state index contributed by atoms with van der Waals surface area (Å²) in [7, 11) is 0. The summed E-state index contributed by atoms with van der Waals surface area (Å²) in [6.45, 7) is 6.41. The third-order valence-electron chi connectivity index (χ3n) is 5.86. The predicted octanol–water partition coefficient (Wildman–Crippen LogP) is 5.00. The van der Waals surface area contributed by atoms with Crippen LogP contribution in [0.4, 0.5) is 10.1 Å². The molecule has 5 rings (SSSR count). The molecule has 29 heavy (non-hydrogen) atoms. The molecule has 1 fully saturated rings. The summed E-state index contributed by atoms with van der Waals surface area (Å²) >= 11 is 0. The molecule has 2 N–H and O–H groups in total. The third-order valence-corrected chi connectivity index (χ3v) is 5.86. The van der Waals surface area contributed by atoms with Gasteiger partial charge in [-0.3, -0.25) is 4.79 Å². The van der Waals surface area contributed by atoms with Gasteiger partial charge in [0, 0.05) is 22.2 Å². The van der Waals surface area contributed by atoms with Gasteiger partial charge in [0.2, 0.25) is 12.7 Å². The monoisotopic (exact) mass is 394 g/mol. The molecule has 1 aromatic heterocycles. The zero-order valence-corrected chi connectivity index (χ0v) is 16.7. The van der Waals surface area contributed by atoms with Crippen molar-refractivity contribution in [2.75, 3.05) is 12.1 Å². The van der Waals surface area contributed by atoms with E-state index in [0.29, 0.717) is 22.7 Å². The molecule has 0 spiro atoms. The third kappa shape index (κ3) is 2.94. The second-order valence-electron chi connectivity index (χ2n) is 8.96. The van der Waals surface area contributed by atoms with Gasteiger partial charge in [0.05, 0.1) is 10.9 Å². The van der Waals surface area contributed by atoms with Crippen molar-refractivity contribution in [3.63, 3.8) is 0 Å². The quantitative estimate of drug-likeness (QED) is 0.657. The van der Waals surface area contributed by atoms with Crippen molar-refractivity contribution in [3.05, 3.63) is 53.5 Å². The summed E-state index contributed by atoms with van der Waals surface area (Å²) in [6, 6.07) is 10.8. The smallest absolute Gasteiger partial charge is 0.235 e. The van der Waals surface area contributed by atoms with E-state index in [1.54, 1.807) is 0 Å². The highest BCUT2D eigenvalue weighted by atomic mass is 19.1. The lowest BCUT2D eigenvalue weighted by Crippen LogP contribution is -2.27. The first-order valence-corrected chi connectivity index (χ1v) is 9.81. The van der Waals surface area contributed by atoms with Crippen molar-refractivity contribution >= 4 is 22.5 Å². The van der Waals surface area contributed by atoms with Crippen LogP contribution in [0.5, 0.6) is 11.5 Å². The van der Waals surface area contributed by atoms with Crippen LogP contribution in [0.3, 0.4) is 0 Å². The molecule has 2 heterocycles. The number of benzene rings is 2. The molecule has 1 aliphatic heterocycles. The average molecular weight is 394 g/mol. The van der Waals surface area contributed by atoms with E-state index >= 15 is 0 Å². The first kappa shape index (κ1) is 18.0. The van der Waals surface area contributed by atoms with E-state index in [0.717, 1.165) is 29.5 Å². The molecule has 150 valence electrons. The fraction of sp³-hybridized carbons (Fsp3) is 0.348. The topological polar surface area (TPSA) is 63.4 Å². The van der Waals surface area contributed by atoms with Gasteiger partial charge in [0.25, 0.3) is 0 Å². The van der Waals surface area contributed by atoms with Crippen LogP contribution < -0.4 is 14.8 Å². The first-order chi connectivity index (χ1) is 13.8. The second kappa shape index (κ2) is 5.99. The molecule has 0 unspecified atom stereocenters. The number of amides is 1. The number of nitrogens with one attached hydrogen (secondary N) is 2.